The van der Waals surface area contributed by atoms with Crippen molar-refractivity contribution in [3.05, 3.63) is 35.9 Å². The Morgan fingerprint density at radius 1 is 1.44 bits per heavy atom. The Labute approximate surface area is 96.0 Å². The van der Waals surface area contributed by atoms with Crippen LogP contribution in [0.25, 0.3) is 0 Å². The van der Waals surface area contributed by atoms with E-state index in [1.54, 1.807) is 5.06 Å². The van der Waals surface area contributed by atoms with Crippen LogP contribution in [0.15, 0.2) is 30.3 Å². The molecule has 0 bridgehead atoms. The number of hydrogen-bond acceptors (Lipinski definition) is 3. The van der Waals surface area contributed by atoms with Crippen molar-refractivity contribution in [2.24, 2.45) is 0 Å². The largest absolute Gasteiger partial charge is 0.367 e. The number of hydrogen-bond donors (Lipinski definition) is 0. The highest BCUT2D eigenvalue weighted by atomic mass is 16.7. The molecule has 16 heavy (non-hydrogen) atoms. The van der Waals surface area contributed by atoms with E-state index >= 15 is 0 Å². The number of carbonyl (C=O) groups excluding carboxylic acids is 1. The van der Waals surface area contributed by atoms with Gasteiger partial charge in [0.05, 0.1) is 6.42 Å². The molecule has 1 aliphatic rings. The third-order valence-corrected chi connectivity index (χ3v) is 2.90. The first-order valence-corrected chi connectivity index (χ1v) is 5.77. The van der Waals surface area contributed by atoms with Gasteiger partial charge in [-0.3, -0.25) is 0 Å². The molecule has 2 rings (SSSR count). The summed E-state index contributed by atoms with van der Waals surface area (Å²) in [6, 6.07) is 10.0. The molecule has 0 saturated carbocycles. The Morgan fingerprint density at radius 2 is 2.19 bits per heavy atom. The maximum atomic E-state index is 11.7. The average Bonchev–Trinajstić information content (AvgIpc) is 2.66. The van der Waals surface area contributed by atoms with Gasteiger partial charge in [-0.25, -0.2) is 4.79 Å². The quantitative estimate of drug-likeness (QED) is 0.780. The molecule has 3 nitrogen and oxygen atoms in total. The van der Waals surface area contributed by atoms with Gasteiger partial charge in [0, 0.05) is 12.6 Å². The molecule has 1 aromatic rings. The number of benzene rings is 1. The standard InChI is InChI=1S/C13H17NO2/c1-11-6-5-9-14(11)16-13(15)10-12-7-3-2-4-8-12/h2-4,7-8,11H,5-6,9-10H2,1H3. The second kappa shape index (κ2) is 5.12. The van der Waals surface area contributed by atoms with Crippen molar-refractivity contribution in [3.8, 4) is 0 Å². The van der Waals surface area contributed by atoms with Crippen molar-refractivity contribution in [2.75, 3.05) is 6.54 Å². The van der Waals surface area contributed by atoms with Gasteiger partial charge in [-0.1, -0.05) is 30.3 Å². The second-order valence-corrected chi connectivity index (χ2v) is 4.26. The summed E-state index contributed by atoms with van der Waals surface area (Å²) in [5.74, 6) is -0.167. The van der Waals surface area contributed by atoms with Gasteiger partial charge in [0.15, 0.2) is 0 Å². The van der Waals surface area contributed by atoms with Crippen molar-refractivity contribution in [2.45, 2.75) is 32.2 Å². The second-order valence-electron chi connectivity index (χ2n) is 4.26. The summed E-state index contributed by atoms with van der Waals surface area (Å²) in [4.78, 5) is 17.0. The fraction of sp³-hybridized carbons (Fsp3) is 0.462. The van der Waals surface area contributed by atoms with Gasteiger partial charge in [0.2, 0.25) is 0 Å². The monoisotopic (exact) mass is 219 g/mol. The molecule has 3 heteroatoms. The number of nitrogens with zero attached hydrogens (tertiary/aromatic N) is 1. The highest BCUT2D eigenvalue weighted by molar-refractivity contribution is 5.72. The molecule has 0 N–H and O–H groups in total. The molecular formula is C13H17NO2. The summed E-state index contributed by atoms with van der Waals surface area (Å²) in [6.07, 6.45) is 2.57. The van der Waals surface area contributed by atoms with Crippen molar-refractivity contribution in [3.63, 3.8) is 0 Å². The molecule has 0 aromatic heterocycles. The summed E-state index contributed by atoms with van der Waals surface area (Å²) in [5, 5.41) is 1.80. The minimum Gasteiger partial charge on any atom is -0.367 e. The van der Waals surface area contributed by atoms with Crippen LogP contribution in [-0.4, -0.2) is 23.6 Å². The lowest BCUT2D eigenvalue weighted by Crippen LogP contribution is -2.30. The highest BCUT2D eigenvalue weighted by Gasteiger charge is 2.23. The molecule has 1 unspecified atom stereocenters. The van der Waals surface area contributed by atoms with Crippen LogP contribution in [-0.2, 0) is 16.1 Å². The maximum Gasteiger partial charge on any atom is 0.329 e. The minimum atomic E-state index is -0.167. The van der Waals surface area contributed by atoms with Crippen LogP contribution in [0.1, 0.15) is 25.3 Å². The number of hydroxylamine groups is 2. The summed E-state index contributed by atoms with van der Waals surface area (Å²) < 4.78 is 0. The molecule has 1 aromatic carbocycles. The summed E-state index contributed by atoms with van der Waals surface area (Å²) in [5.41, 5.74) is 0.999. The Bertz CT molecular complexity index is 350. The Balaban J connectivity index is 1.85. The van der Waals surface area contributed by atoms with Crippen molar-refractivity contribution in [1.29, 1.82) is 0 Å². The van der Waals surface area contributed by atoms with E-state index in [1.165, 1.54) is 0 Å². The van der Waals surface area contributed by atoms with E-state index in [0.717, 1.165) is 24.9 Å². The molecule has 0 amide bonds. The number of rotatable bonds is 3. The minimum absolute atomic E-state index is 0.167. The summed E-state index contributed by atoms with van der Waals surface area (Å²) in [7, 11) is 0. The lowest BCUT2D eigenvalue weighted by molar-refractivity contribution is -0.192. The van der Waals surface area contributed by atoms with Gasteiger partial charge in [-0.05, 0) is 25.3 Å². The molecule has 0 aliphatic carbocycles. The molecule has 0 spiro atoms. The molecule has 0 radical (unpaired) electrons. The van der Waals surface area contributed by atoms with E-state index in [9.17, 15) is 4.79 Å². The zero-order valence-corrected chi connectivity index (χ0v) is 9.56. The highest BCUT2D eigenvalue weighted by Crippen LogP contribution is 2.17. The van der Waals surface area contributed by atoms with Crippen LogP contribution < -0.4 is 0 Å². The van der Waals surface area contributed by atoms with Gasteiger partial charge in [0.25, 0.3) is 0 Å². The average molecular weight is 219 g/mol. The first-order chi connectivity index (χ1) is 7.75. The van der Waals surface area contributed by atoms with Gasteiger partial charge < -0.3 is 4.84 Å². The zero-order valence-electron chi connectivity index (χ0n) is 9.56. The van der Waals surface area contributed by atoms with E-state index in [0.29, 0.717) is 12.5 Å². The molecule has 1 atom stereocenters. The van der Waals surface area contributed by atoms with Gasteiger partial charge in [0.1, 0.15) is 0 Å². The molecule has 1 aliphatic heterocycles. The van der Waals surface area contributed by atoms with Crippen molar-refractivity contribution in [1.82, 2.24) is 5.06 Å². The normalized spacial score (nSPS) is 20.9. The number of carbonyl (C=O) groups is 1. The van der Waals surface area contributed by atoms with Crippen LogP contribution in [0, 0.1) is 0 Å². The molecule has 1 saturated heterocycles. The predicted octanol–water partition coefficient (Wildman–Crippen LogP) is 2.17. The third kappa shape index (κ3) is 2.83. The third-order valence-electron chi connectivity index (χ3n) is 2.90. The smallest absolute Gasteiger partial charge is 0.329 e. The van der Waals surface area contributed by atoms with Crippen LogP contribution in [0.2, 0.25) is 0 Å². The predicted molar refractivity (Wildman–Crippen MR) is 61.6 cm³/mol. The Hall–Kier alpha value is -1.35. The van der Waals surface area contributed by atoms with Crippen LogP contribution in [0.3, 0.4) is 0 Å². The topological polar surface area (TPSA) is 29.5 Å². The first-order valence-electron chi connectivity index (χ1n) is 5.77. The molecule has 86 valence electrons. The van der Waals surface area contributed by atoms with Gasteiger partial charge in [-0.15, -0.1) is 5.06 Å². The lowest BCUT2D eigenvalue weighted by atomic mass is 10.2. The van der Waals surface area contributed by atoms with E-state index in [2.05, 4.69) is 6.92 Å². The molecular weight excluding hydrogens is 202 g/mol. The fourth-order valence-corrected chi connectivity index (χ4v) is 1.97. The van der Waals surface area contributed by atoms with E-state index < -0.39 is 0 Å². The Morgan fingerprint density at radius 3 is 2.81 bits per heavy atom. The lowest BCUT2D eigenvalue weighted by Gasteiger charge is -2.19. The van der Waals surface area contributed by atoms with Crippen molar-refractivity contribution < 1.29 is 9.63 Å². The van der Waals surface area contributed by atoms with E-state index in [4.69, 9.17) is 4.84 Å². The summed E-state index contributed by atoms with van der Waals surface area (Å²) >= 11 is 0. The van der Waals surface area contributed by atoms with E-state index in [1.807, 2.05) is 30.3 Å². The van der Waals surface area contributed by atoms with Crippen LogP contribution >= 0.6 is 0 Å². The van der Waals surface area contributed by atoms with Crippen molar-refractivity contribution >= 4 is 5.97 Å². The van der Waals surface area contributed by atoms with Crippen LogP contribution in [0.4, 0.5) is 0 Å². The Kier molecular flexibility index (Phi) is 3.57. The zero-order chi connectivity index (χ0) is 11.4. The molecule has 1 heterocycles. The SMILES string of the molecule is CC1CCCN1OC(=O)Cc1ccccc1. The van der Waals surface area contributed by atoms with E-state index in [-0.39, 0.29) is 5.97 Å². The fourth-order valence-electron chi connectivity index (χ4n) is 1.97. The molecule has 1 fully saturated rings. The van der Waals surface area contributed by atoms with Gasteiger partial charge in [-0.2, -0.15) is 0 Å². The van der Waals surface area contributed by atoms with Crippen LogP contribution in [0.5, 0.6) is 0 Å². The first kappa shape index (κ1) is 11.1. The van der Waals surface area contributed by atoms with Gasteiger partial charge >= 0.3 is 5.97 Å². The summed E-state index contributed by atoms with van der Waals surface area (Å²) in [6.45, 7) is 2.95. The maximum absolute atomic E-state index is 11.7.